The highest BCUT2D eigenvalue weighted by molar-refractivity contribution is 5.68. The molecule has 0 amide bonds. The fraction of sp³-hybridized carbons (Fsp3) is 0.238. The molecule has 6 nitrogen and oxygen atoms in total. The number of benzene rings is 2. The van der Waals surface area contributed by atoms with E-state index in [1.807, 2.05) is 37.1 Å². The fourth-order valence-electron chi connectivity index (χ4n) is 2.81. The molecule has 28 heavy (non-hydrogen) atoms. The minimum atomic E-state index is -0.272. The molecule has 0 fully saturated rings. The normalized spacial score (nSPS) is 10.6. The summed E-state index contributed by atoms with van der Waals surface area (Å²) in [7, 11) is 3.44. The van der Waals surface area contributed by atoms with E-state index in [0.29, 0.717) is 35.4 Å². The van der Waals surface area contributed by atoms with Gasteiger partial charge in [-0.25, -0.2) is 9.37 Å². The van der Waals surface area contributed by atoms with Gasteiger partial charge in [0.1, 0.15) is 17.3 Å². The Hall–Kier alpha value is -3.35. The lowest BCUT2D eigenvalue weighted by molar-refractivity contribution is 0.374. The summed E-state index contributed by atoms with van der Waals surface area (Å²) in [5.41, 5.74) is 8.61. The van der Waals surface area contributed by atoms with E-state index in [0.717, 1.165) is 11.1 Å². The number of methoxy groups -OCH3 is 1. The van der Waals surface area contributed by atoms with Crippen LogP contribution >= 0.6 is 0 Å². The number of nitrogens with zero attached hydrogens (tertiary/aromatic N) is 3. The Morgan fingerprint density at radius 3 is 2.43 bits per heavy atom. The maximum atomic E-state index is 13.1. The van der Waals surface area contributed by atoms with E-state index < -0.39 is 0 Å². The molecule has 1 aromatic heterocycles. The highest BCUT2D eigenvalue weighted by atomic mass is 19.1. The van der Waals surface area contributed by atoms with Crippen LogP contribution in [-0.4, -0.2) is 24.1 Å². The van der Waals surface area contributed by atoms with E-state index >= 15 is 0 Å². The second-order valence-electron chi connectivity index (χ2n) is 6.55. The Labute approximate surface area is 163 Å². The van der Waals surface area contributed by atoms with Gasteiger partial charge in [0.05, 0.1) is 7.11 Å². The quantitative estimate of drug-likeness (QED) is 0.687. The Bertz CT molecular complexity index is 977. The lowest BCUT2D eigenvalue weighted by atomic mass is 10.2. The zero-order valence-corrected chi connectivity index (χ0v) is 16.4. The van der Waals surface area contributed by atoms with Crippen LogP contribution in [0.15, 0.2) is 42.5 Å². The van der Waals surface area contributed by atoms with E-state index in [9.17, 15) is 4.39 Å². The molecule has 0 atom stereocenters. The summed E-state index contributed by atoms with van der Waals surface area (Å²) >= 11 is 0. The molecule has 0 spiro atoms. The van der Waals surface area contributed by atoms with E-state index in [4.69, 9.17) is 15.2 Å². The predicted molar refractivity (Wildman–Crippen MR) is 107 cm³/mol. The van der Waals surface area contributed by atoms with Gasteiger partial charge in [-0.05, 0) is 49.2 Å². The van der Waals surface area contributed by atoms with Crippen molar-refractivity contribution in [1.29, 1.82) is 0 Å². The first kappa shape index (κ1) is 19.4. The molecule has 0 unspecified atom stereocenters. The van der Waals surface area contributed by atoms with Crippen LogP contribution in [0.3, 0.4) is 0 Å². The molecule has 2 N–H and O–H groups in total. The van der Waals surface area contributed by atoms with Crippen molar-refractivity contribution in [2.45, 2.75) is 20.4 Å². The Morgan fingerprint density at radius 1 is 1.04 bits per heavy atom. The van der Waals surface area contributed by atoms with Gasteiger partial charge in [-0.15, -0.1) is 0 Å². The second-order valence-corrected chi connectivity index (χ2v) is 6.55. The predicted octanol–water partition coefficient (Wildman–Crippen LogP) is 4.25. The number of anilines is 2. The van der Waals surface area contributed by atoms with Crippen LogP contribution in [0.4, 0.5) is 15.9 Å². The van der Waals surface area contributed by atoms with Gasteiger partial charge in [-0.2, -0.15) is 4.98 Å². The van der Waals surface area contributed by atoms with Crippen LogP contribution in [0.1, 0.15) is 17.0 Å². The number of nitrogens with two attached hydrogens (primary N) is 1. The monoisotopic (exact) mass is 382 g/mol. The van der Waals surface area contributed by atoms with Gasteiger partial charge in [0.2, 0.25) is 5.88 Å². The van der Waals surface area contributed by atoms with Crippen molar-refractivity contribution in [3.8, 4) is 17.4 Å². The maximum absolute atomic E-state index is 13.1. The van der Waals surface area contributed by atoms with Gasteiger partial charge in [0.25, 0.3) is 0 Å². The SMILES string of the molecule is COc1cc(C)ccc1Oc1nc(C)nc(N(C)Cc2ccc(F)cc2)c1N. The molecule has 3 aromatic rings. The molecule has 0 saturated carbocycles. The first-order valence-electron chi connectivity index (χ1n) is 8.79. The maximum Gasteiger partial charge on any atom is 0.248 e. The smallest absolute Gasteiger partial charge is 0.248 e. The number of hydrogen-bond donors (Lipinski definition) is 1. The van der Waals surface area contributed by atoms with Crippen LogP contribution in [0.5, 0.6) is 17.4 Å². The zero-order chi connectivity index (χ0) is 20.3. The highest BCUT2D eigenvalue weighted by Crippen LogP contribution is 2.36. The summed E-state index contributed by atoms with van der Waals surface area (Å²) in [5.74, 6) is 2.16. The molecular formula is C21H23FN4O2. The molecular weight excluding hydrogens is 359 g/mol. The molecule has 3 rings (SSSR count). The third-order valence-electron chi connectivity index (χ3n) is 4.22. The van der Waals surface area contributed by atoms with Gasteiger partial charge >= 0.3 is 0 Å². The van der Waals surface area contributed by atoms with Crippen molar-refractivity contribution in [2.24, 2.45) is 0 Å². The average Bonchev–Trinajstić information content (AvgIpc) is 2.67. The molecule has 0 aliphatic heterocycles. The lowest BCUT2D eigenvalue weighted by Crippen LogP contribution is -2.20. The summed E-state index contributed by atoms with van der Waals surface area (Å²) in [6.45, 7) is 4.25. The number of hydrogen-bond acceptors (Lipinski definition) is 6. The fourth-order valence-corrected chi connectivity index (χ4v) is 2.81. The number of halogens is 1. The van der Waals surface area contributed by atoms with Crippen LogP contribution < -0.4 is 20.1 Å². The number of ether oxygens (including phenoxy) is 2. The minimum Gasteiger partial charge on any atom is -0.493 e. The molecule has 0 aliphatic carbocycles. The molecule has 1 heterocycles. The van der Waals surface area contributed by atoms with Crippen LogP contribution in [0.2, 0.25) is 0 Å². The van der Waals surface area contributed by atoms with Crippen molar-refractivity contribution in [1.82, 2.24) is 9.97 Å². The van der Waals surface area contributed by atoms with Gasteiger partial charge in [0, 0.05) is 13.6 Å². The summed E-state index contributed by atoms with van der Waals surface area (Å²) < 4.78 is 24.5. The third kappa shape index (κ3) is 4.31. The minimum absolute atomic E-state index is 0.260. The van der Waals surface area contributed by atoms with Gasteiger partial charge < -0.3 is 20.1 Å². The zero-order valence-electron chi connectivity index (χ0n) is 16.4. The number of nitrogen functional groups attached to an aromatic ring is 1. The molecule has 0 radical (unpaired) electrons. The van der Waals surface area contributed by atoms with E-state index in [1.165, 1.54) is 12.1 Å². The summed E-state index contributed by atoms with van der Waals surface area (Å²) in [6.07, 6.45) is 0. The summed E-state index contributed by atoms with van der Waals surface area (Å²) in [6, 6.07) is 11.9. The van der Waals surface area contributed by atoms with Crippen molar-refractivity contribution in [2.75, 3.05) is 24.8 Å². The van der Waals surface area contributed by atoms with Crippen molar-refractivity contribution < 1.29 is 13.9 Å². The number of aryl methyl sites for hydroxylation is 2. The first-order chi connectivity index (χ1) is 13.4. The first-order valence-corrected chi connectivity index (χ1v) is 8.79. The number of aromatic nitrogens is 2. The van der Waals surface area contributed by atoms with E-state index in [1.54, 1.807) is 26.2 Å². The van der Waals surface area contributed by atoms with Crippen LogP contribution in [-0.2, 0) is 6.54 Å². The van der Waals surface area contributed by atoms with Crippen molar-refractivity contribution >= 4 is 11.5 Å². The van der Waals surface area contributed by atoms with Crippen molar-refractivity contribution in [3.63, 3.8) is 0 Å². The Balaban J connectivity index is 1.90. The molecule has 146 valence electrons. The summed E-state index contributed by atoms with van der Waals surface area (Å²) in [4.78, 5) is 10.7. The second kappa shape index (κ2) is 8.12. The molecule has 0 saturated heterocycles. The third-order valence-corrected chi connectivity index (χ3v) is 4.22. The Morgan fingerprint density at radius 2 is 1.75 bits per heavy atom. The van der Waals surface area contributed by atoms with Gasteiger partial charge in [0.15, 0.2) is 17.3 Å². The standard InChI is InChI=1S/C21H23FN4O2/c1-13-5-10-17(18(11-13)27-4)28-21-19(23)20(24-14(2)25-21)26(3)12-15-6-8-16(22)9-7-15/h5-11H,12,23H2,1-4H3. The Kier molecular flexibility index (Phi) is 5.63. The average molecular weight is 382 g/mol. The molecule has 0 aliphatic rings. The highest BCUT2D eigenvalue weighted by Gasteiger charge is 2.17. The van der Waals surface area contributed by atoms with Crippen molar-refractivity contribution in [3.05, 3.63) is 65.2 Å². The topological polar surface area (TPSA) is 73.5 Å². The lowest BCUT2D eigenvalue weighted by Gasteiger charge is -2.21. The largest absolute Gasteiger partial charge is 0.493 e. The van der Waals surface area contributed by atoms with Crippen LogP contribution in [0.25, 0.3) is 0 Å². The van der Waals surface area contributed by atoms with Gasteiger partial charge in [-0.3, -0.25) is 0 Å². The van der Waals surface area contributed by atoms with Gasteiger partial charge in [-0.1, -0.05) is 18.2 Å². The summed E-state index contributed by atoms with van der Waals surface area (Å²) in [5, 5.41) is 0. The van der Waals surface area contributed by atoms with Crippen LogP contribution in [0, 0.1) is 19.7 Å². The number of rotatable bonds is 6. The van der Waals surface area contributed by atoms with E-state index in [2.05, 4.69) is 9.97 Å². The molecule has 7 heteroatoms. The molecule has 0 bridgehead atoms. The van der Waals surface area contributed by atoms with E-state index in [-0.39, 0.29) is 11.7 Å². The molecule has 2 aromatic carbocycles.